The summed E-state index contributed by atoms with van der Waals surface area (Å²) in [6, 6.07) is 28.4. The van der Waals surface area contributed by atoms with Crippen LogP contribution in [-0.2, 0) is 27.7 Å². The summed E-state index contributed by atoms with van der Waals surface area (Å²) in [7, 11) is -3.83. The van der Waals surface area contributed by atoms with Crippen LogP contribution in [0.2, 0.25) is 0 Å². The van der Waals surface area contributed by atoms with Crippen molar-refractivity contribution in [2.75, 3.05) is 18.4 Å². The van der Waals surface area contributed by atoms with E-state index < -0.39 is 9.84 Å². The summed E-state index contributed by atoms with van der Waals surface area (Å²) in [6.45, 7) is 1.65. The molecule has 1 saturated heterocycles. The van der Waals surface area contributed by atoms with Crippen LogP contribution in [0.1, 0.15) is 39.2 Å². The minimum atomic E-state index is -3.83. The Hall–Kier alpha value is -5.11. The normalized spacial score (nSPS) is 15.2. The first-order chi connectivity index (χ1) is 24.2. The van der Waals surface area contributed by atoms with Crippen LogP contribution in [0.4, 0.5) is 10.5 Å². The number of piperidine rings is 1. The van der Waals surface area contributed by atoms with E-state index in [0.29, 0.717) is 37.1 Å². The first kappa shape index (κ1) is 33.4. The van der Waals surface area contributed by atoms with E-state index in [4.69, 9.17) is 21.7 Å². The molecular formula is C37H32N4O6S3. The lowest BCUT2D eigenvalue weighted by atomic mass is 10.1. The summed E-state index contributed by atoms with van der Waals surface area (Å²) in [4.78, 5) is 33.2. The zero-order valence-electron chi connectivity index (χ0n) is 26.7. The Morgan fingerprint density at radius 1 is 0.940 bits per heavy atom. The van der Waals surface area contributed by atoms with Crippen molar-refractivity contribution in [1.29, 1.82) is 0 Å². The van der Waals surface area contributed by atoms with Gasteiger partial charge in [0.25, 0.3) is 5.91 Å². The van der Waals surface area contributed by atoms with Crippen molar-refractivity contribution in [2.45, 2.75) is 41.9 Å². The highest BCUT2D eigenvalue weighted by Crippen LogP contribution is 2.35. The topological polar surface area (TPSA) is 127 Å². The van der Waals surface area contributed by atoms with E-state index in [1.165, 1.54) is 35.6 Å². The Bertz CT molecular complexity index is 2160. The molecule has 2 N–H and O–H groups in total. The van der Waals surface area contributed by atoms with Crippen LogP contribution in [0.15, 0.2) is 113 Å². The number of benzene rings is 4. The number of rotatable bonds is 8. The number of anilines is 1. The average Bonchev–Trinajstić information content (AvgIpc) is 3.60. The number of aromatic nitrogens is 1. The van der Waals surface area contributed by atoms with E-state index in [0.717, 1.165) is 26.8 Å². The fourth-order valence-electron chi connectivity index (χ4n) is 5.83. The number of nitrogens with one attached hydrogen (secondary N) is 2. The van der Waals surface area contributed by atoms with Gasteiger partial charge in [-0.05, 0) is 54.1 Å². The number of sulfone groups is 1. The maximum Gasteiger partial charge on any atom is 0.410 e. The van der Waals surface area contributed by atoms with Crippen molar-refractivity contribution in [3.05, 3.63) is 125 Å². The maximum absolute atomic E-state index is 13.3. The summed E-state index contributed by atoms with van der Waals surface area (Å²) in [5, 5.41) is 6.70. The molecule has 254 valence electrons. The van der Waals surface area contributed by atoms with Gasteiger partial charge in [-0.2, -0.15) is 0 Å². The lowest BCUT2D eigenvalue weighted by Gasteiger charge is -2.31. The van der Waals surface area contributed by atoms with Crippen molar-refractivity contribution in [1.82, 2.24) is 15.2 Å². The first-order valence-corrected chi connectivity index (χ1v) is 18.7. The Kier molecular flexibility index (Phi) is 9.61. The lowest BCUT2D eigenvalue weighted by molar-refractivity contribution is 0.0638. The average molecular weight is 725 g/mol. The van der Waals surface area contributed by atoms with Gasteiger partial charge in [0.2, 0.25) is 9.84 Å². The second kappa shape index (κ2) is 14.4. The number of carbonyl (C=O) groups excluding carboxylic acids is 2. The molecule has 0 unspecified atom stereocenters. The van der Waals surface area contributed by atoms with Gasteiger partial charge in [-0.3, -0.25) is 4.79 Å². The third-order valence-corrected chi connectivity index (χ3v) is 11.7. The van der Waals surface area contributed by atoms with E-state index in [1.807, 2.05) is 54.6 Å². The van der Waals surface area contributed by atoms with Crippen LogP contribution in [0.3, 0.4) is 0 Å². The van der Waals surface area contributed by atoms with Gasteiger partial charge in [-0.15, -0.1) is 11.3 Å². The van der Waals surface area contributed by atoms with Gasteiger partial charge in [0.1, 0.15) is 28.5 Å². The van der Waals surface area contributed by atoms with Gasteiger partial charge in [0, 0.05) is 53.7 Å². The molecule has 1 aromatic heterocycles. The molecule has 7 rings (SSSR count). The Balaban J connectivity index is 0.904. The fraction of sp³-hybridized carbons (Fsp3) is 0.189. The predicted octanol–water partition coefficient (Wildman–Crippen LogP) is 6.85. The number of fused-ring (bicyclic) bond motifs is 2. The molecule has 4 aromatic carbocycles. The molecule has 5 aromatic rings. The van der Waals surface area contributed by atoms with Crippen LogP contribution in [0.25, 0.3) is 10.6 Å². The van der Waals surface area contributed by atoms with E-state index in [1.54, 1.807) is 29.3 Å². The highest BCUT2D eigenvalue weighted by Gasteiger charge is 2.30. The van der Waals surface area contributed by atoms with Crippen LogP contribution < -0.4 is 15.4 Å². The molecule has 2 amide bonds. The largest absolute Gasteiger partial charge is 0.490 e. The number of ether oxygens (including phenoxy) is 2. The molecule has 13 heteroatoms. The Morgan fingerprint density at radius 2 is 1.68 bits per heavy atom. The minimum Gasteiger partial charge on any atom is -0.490 e. The summed E-state index contributed by atoms with van der Waals surface area (Å²) in [5.74, 6) is 0.390. The van der Waals surface area contributed by atoms with Crippen LogP contribution in [-0.4, -0.2) is 54.5 Å². The molecule has 3 heterocycles. The number of hydrogen-bond acceptors (Lipinski definition) is 9. The quantitative estimate of drug-likeness (QED) is 0.165. The van der Waals surface area contributed by atoms with Crippen molar-refractivity contribution in [3.63, 3.8) is 0 Å². The summed E-state index contributed by atoms with van der Waals surface area (Å²) < 4.78 is 38.3. The van der Waals surface area contributed by atoms with Crippen molar-refractivity contribution in [2.24, 2.45) is 0 Å². The number of carbonyl (C=O) groups is 2. The molecule has 0 aliphatic carbocycles. The number of hydrogen-bond donors (Lipinski definition) is 2. The van der Waals surface area contributed by atoms with Crippen molar-refractivity contribution in [3.8, 4) is 16.3 Å². The van der Waals surface area contributed by atoms with Gasteiger partial charge in [0.05, 0.1) is 22.0 Å². The van der Waals surface area contributed by atoms with Gasteiger partial charge < -0.3 is 25.0 Å². The minimum absolute atomic E-state index is 0.00161. The maximum atomic E-state index is 13.3. The molecule has 0 atom stereocenters. The lowest BCUT2D eigenvalue weighted by Crippen LogP contribution is -2.42. The summed E-state index contributed by atoms with van der Waals surface area (Å²) in [6.07, 6.45) is 2.85. The highest BCUT2D eigenvalue weighted by molar-refractivity contribution is 7.92. The predicted molar refractivity (Wildman–Crippen MR) is 194 cm³/mol. The highest BCUT2D eigenvalue weighted by atomic mass is 32.2. The Morgan fingerprint density at radius 3 is 2.46 bits per heavy atom. The third kappa shape index (κ3) is 7.25. The van der Waals surface area contributed by atoms with E-state index in [9.17, 15) is 18.0 Å². The number of thiazole rings is 1. The molecule has 50 heavy (non-hydrogen) atoms. The number of thiocarbonyl (C=S) groups is 1. The van der Waals surface area contributed by atoms with E-state index in [2.05, 4.69) is 15.6 Å². The zero-order valence-corrected chi connectivity index (χ0v) is 29.2. The SMILES string of the molecule is O=C(NCc1cnc(-c2ccc(OC3CCN(C(=O)OCc4ccccc4)CC3)cc2)s1)c1ccc2c(c1)NC(=S)c1ccccc1S2(=O)=O. The summed E-state index contributed by atoms with van der Waals surface area (Å²) >= 11 is 6.93. The van der Waals surface area contributed by atoms with Crippen molar-refractivity contribution >= 4 is 56.1 Å². The molecule has 1 fully saturated rings. The number of likely N-dealkylation sites (tertiary alicyclic amines) is 1. The van der Waals surface area contributed by atoms with Gasteiger partial charge in [0.15, 0.2) is 0 Å². The molecular weight excluding hydrogens is 693 g/mol. The Labute approximate surface area is 299 Å². The molecule has 0 radical (unpaired) electrons. The second-order valence-corrected chi connectivity index (χ2v) is 15.3. The van der Waals surface area contributed by atoms with Gasteiger partial charge in [-0.1, -0.05) is 60.7 Å². The monoisotopic (exact) mass is 724 g/mol. The zero-order chi connectivity index (χ0) is 34.7. The van der Waals surface area contributed by atoms with Gasteiger partial charge in [-0.25, -0.2) is 18.2 Å². The van der Waals surface area contributed by atoms with Crippen molar-refractivity contribution < 1.29 is 27.5 Å². The number of amides is 2. The van der Waals surface area contributed by atoms with E-state index in [-0.39, 0.29) is 51.7 Å². The molecule has 0 saturated carbocycles. The summed E-state index contributed by atoms with van der Waals surface area (Å²) in [5.41, 5.74) is 2.86. The van der Waals surface area contributed by atoms with Gasteiger partial charge >= 0.3 is 6.09 Å². The molecule has 2 aliphatic heterocycles. The third-order valence-electron chi connectivity index (χ3n) is 8.49. The molecule has 10 nitrogen and oxygen atoms in total. The molecule has 0 bridgehead atoms. The van der Waals surface area contributed by atoms with Crippen LogP contribution >= 0.6 is 23.6 Å². The first-order valence-electron chi connectivity index (χ1n) is 16.0. The fourth-order valence-corrected chi connectivity index (χ4v) is 8.64. The smallest absolute Gasteiger partial charge is 0.410 e. The van der Waals surface area contributed by atoms with E-state index >= 15 is 0 Å². The van der Waals surface area contributed by atoms with Crippen LogP contribution in [0, 0.1) is 0 Å². The van der Waals surface area contributed by atoms with Crippen LogP contribution in [0.5, 0.6) is 5.75 Å². The molecule has 0 spiro atoms. The standard InChI is InChI=1S/C37H32N4O6S3/c42-34(26-12-15-33-31(20-26)40-35(48)30-8-4-5-9-32(30)50(33,44)45)38-21-29-22-39-36(49-29)25-10-13-27(14-11-25)47-28-16-18-41(19-17-28)37(43)46-23-24-6-2-1-3-7-24/h1-15,20,22,28H,16-19,21,23H2,(H,38,42)(H,40,48). The second-order valence-electron chi connectivity index (χ2n) is 11.8. The molecule has 2 aliphatic rings. The number of nitrogens with zero attached hydrogens (tertiary/aromatic N) is 2.